The lowest BCUT2D eigenvalue weighted by atomic mass is 10.3. The Kier molecular flexibility index (Phi) is 8.60. The molecule has 0 unspecified atom stereocenters. The average Bonchev–Trinajstić information content (AvgIpc) is 2.60. The van der Waals surface area contributed by atoms with Gasteiger partial charge < -0.3 is 22.1 Å². The highest BCUT2D eigenvalue weighted by molar-refractivity contribution is 5.75. The van der Waals surface area contributed by atoms with Gasteiger partial charge >= 0.3 is 0 Å². The third-order valence-corrected chi connectivity index (χ3v) is 2.74. The zero-order valence-electron chi connectivity index (χ0n) is 14.8. The Bertz CT molecular complexity index is 832. The van der Waals surface area contributed by atoms with Crippen LogP contribution in [0.2, 0.25) is 0 Å². The van der Waals surface area contributed by atoms with Crippen LogP contribution in [0.1, 0.15) is 0 Å². The smallest absolute Gasteiger partial charge is 0.161 e. The molecule has 0 aromatic carbocycles. The zero-order chi connectivity index (χ0) is 19.4. The van der Waals surface area contributed by atoms with E-state index in [0.29, 0.717) is 23.1 Å². The minimum Gasteiger partial charge on any atom is -0.384 e. The summed E-state index contributed by atoms with van der Waals surface area (Å²) in [6.45, 7) is 0. The molecule has 0 aliphatic rings. The van der Waals surface area contributed by atoms with Gasteiger partial charge in [-0.2, -0.15) is 0 Å². The molecule has 0 saturated carbocycles. The minimum absolute atomic E-state index is 0.463. The second kappa shape index (κ2) is 11.0. The van der Waals surface area contributed by atoms with E-state index in [1.807, 2.05) is 32.3 Å². The van der Waals surface area contributed by atoms with Crippen LogP contribution in [0.4, 0.5) is 17.5 Å². The Morgan fingerprint density at radius 1 is 0.885 bits per heavy atom. The van der Waals surface area contributed by atoms with Crippen molar-refractivity contribution in [3.05, 3.63) is 60.9 Å². The number of anilines is 3. The number of carbonyl (C=O) groups is 1. The van der Waals surface area contributed by atoms with Gasteiger partial charge in [0.1, 0.15) is 23.7 Å². The Balaban J connectivity index is 0.000000203. The SMILES string of the molecule is CN(C)/C=C/C=O.Nc1ccc2cccnc2n1.Nc1cccc(N)n1. The first-order valence-electron chi connectivity index (χ1n) is 7.66. The third-order valence-electron chi connectivity index (χ3n) is 2.74. The van der Waals surface area contributed by atoms with Gasteiger partial charge in [-0.1, -0.05) is 6.07 Å². The predicted molar refractivity (Wildman–Crippen MR) is 106 cm³/mol. The van der Waals surface area contributed by atoms with Crippen LogP contribution in [-0.2, 0) is 4.79 Å². The summed E-state index contributed by atoms with van der Waals surface area (Å²) in [5.41, 5.74) is 16.7. The van der Waals surface area contributed by atoms with Crippen molar-refractivity contribution in [2.45, 2.75) is 0 Å². The molecule has 0 fully saturated rings. The van der Waals surface area contributed by atoms with E-state index in [0.717, 1.165) is 11.7 Å². The van der Waals surface area contributed by atoms with E-state index >= 15 is 0 Å². The van der Waals surface area contributed by atoms with Gasteiger partial charge in [-0.25, -0.2) is 15.0 Å². The van der Waals surface area contributed by atoms with Crippen LogP contribution in [0, 0.1) is 0 Å². The lowest BCUT2D eigenvalue weighted by Crippen LogP contribution is -1.99. The highest BCUT2D eigenvalue weighted by atomic mass is 16.1. The Labute approximate surface area is 152 Å². The largest absolute Gasteiger partial charge is 0.384 e. The molecule has 8 heteroatoms. The summed E-state index contributed by atoms with van der Waals surface area (Å²) >= 11 is 0. The van der Waals surface area contributed by atoms with Crippen molar-refractivity contribution >= 4 is 34.8 Å². The molecule has 136 valence electrons. The van der Waals surface area contributed by atoms with Gasteiger partial charge in [0.25, 0.3) is 0 Å². The fourth-order valence-electron chi connectivity index (χ4n) is 1.64. The number of pyridine rings is 3. The molecule has 8 nitrogen and oxygen atoms in total. The highest BCUT2D eigenvalue weighted by Crippen LogP contribution is 2.09. The van der Waals surface area contributed by atoms with Gasteiger partial charge in [-0.05, 0) is 42.5 Å². The van der Waals surface area contributed by atoms with Crippen LogP contribution in [-0.4, -0.2) is 40.2 Å². The standard InChI is InChI=1S/C8H7N3.C5H7N3.C5H9NO/c9-7-4-3-6-2-1-5-10-8(6)11-7;6-4-2-1-3-5(7)8-4;1-6(2)4-3-5-7/h1-5H,(H2,9,10,11);1-3H,(H4,6,7,8);3-5H,1-2H3/b;;4-3+. The van der Waals surface area contributed by atoms with Gasteiger partial charge in [-0.3, -0.25) is 4.79 Å². The van der Waals surface area contributed by atoms with Crippen LogP contribution in [0.25, 0.3) is 11.0 Å². The van der Waals surface area contributed by atoms with E-state index in [1.54, 1.807) is 41.6 Å². The van der Waals surface area contributed by atoms with Crippen molar-refractivity contribution in [3.8, 4) is 0 Å². The monoisotopic (exact) mass is 353 g/mol. The summed E-state index contributed by atoms with van der Waals surface area (Å²) < 4.78 is 0. The number of carbonyl (C=O) groups excluding carboxylic acids is 1. The first kappa shape index (κ1) is 20.4. The number of hydrogen-bond donors (Lipinski definition) is 3. The Hall–Kier alpha value is -3.68. The first-order valence-corrected chi connectivity index (χ1v) is 7.66. The molecule has 0 atom stereocenters. The zero-order valence-corrected chi connectivity index (χ0v) is 14.8. The second-order valence-corrected chi connectivity index (χ2v) is 5.21. The van der Waals surface area contributed by atoms with E-state index in [1.165, 1.54) is 6.08 Å². The molecule has 6 N–H and O–H groups in total. The molecule has 26 heavy (non-hydrogen) atoms. The molecule has 0 amide bonds. The topological polar surface area (TPSA) is 137 Å². The number of hydrogen-bond acceptors (Lipinski definition) is 8. The number of allylic oxidation sites excluding steroid dienone is 1. The number of aldehydes is 1. The lowest BCUT2D eigenvalue weighted by molar-refractivity contribution is -0.104. The maximum absolute atomic E-state index is 9.60. The van der Waals surface area contributed by atoms with Crippen molar-refractivity contribution in [1.82, 2.24) is 19.9 Å². The number of nitrogens with two attached hydrogens (primary N) is 3. The fraction of sp³-hybridized carbons (Fsp3) is 0.111. The number of nitrogens with zero attached hydrogens (tertiary/aromatic N) is 4. The number of rotatable bonds is 2. The van der Waals surface area contributed by atoms with Crippen LogP contribution in [0.3, 0.4) is 0 Å². The van der Waals surface area contributed by atoms with E-state index < -0.39 is 0 Å². The number of nitrogen functional groups attached to an aromatic ring is 3. The van der Waals surface area contributed by atoms with Crippen LogP contribution >= 0.6 is 0 Å². The molecule has 3 aromatic heterocycles. The lowest BCUT2D eigenvalue weighted by Gasteiger charge is -1.99. The highest BCUT2D eigenvalue weighted by Gasteiger charge is 1.93. The third kappa shape index (κ3) is 8.25. The minimum atomic E-state index is 0.463. The van der Waals surface area contributed by atoms with Gasteiger partial charge in [0.15, 0.2) is 5.65 Å². The number of aromatic nitrogens is 3. The normalized spacial score (nSPS) is 9.62. The first-order chi connectivity index (χ1) is 12.4. The Morgan fingerprint density at radius 2 is 1.54 bits per heavy atom. The second-order valence-electron chi connectivity index (χ2n) is 5.21. The summed E-state index contributed by atoms with van der Waals surface area (Å²) in [4.78, 5) is 23.2. The fourth-order valence-corrected chi connectivity index (χ4v) is 1.64. The molecular formula is C18H23N7O. The molecule has 3 rings (SSSR count). The van der Waals surface area contributed by atoms with E-state index in [2.05, 4.69) is 15.0 Å². The van der Waals surface area contributed by atoms with Gasteiger partial charge in [0, 0.05) is 31.9 Å². The van der Waals surface area contributed by atoms with Gasteiger partial charge in [0.2, 0.25) is 0 Å². The van der Waals surface area contributed by atoms with Crippen molar-refractivity contribution < 1.29 is 4.79 Å². The van der Waals surface area contributed by atoms with E-state index in [-0.39, 0.29) is 0 Å². The van der Waals surface area contributed by atoms with Crippen LogP contribution in [0.15, 0.2) is 60.9 Å². The Morgan fingerprint density at radius 3 is 2.04 bits per heavy atom. The van der Waals surface area contributed by atoms with Crippen molar-refractivity contribution in [1.29, 1.82) is 0 Å². The van der Waals surface area contributed by atoms with Gasteiger partial charge in [-0.15, -0.1) is 0 Å². The molecule has 0 aliphatic carbocycles. The van der Waals surface area contributed by atoms with Gasteiger partial charge in [0.05, 0.1) is 0 Å². The van der Waals surface area contributed by atoms with Crippen molar-refractivity contribution in [2.75, 3.05) is 31.3 Å². The maximum atomic E-state index is 9.60. The summed E-state index contributed by atoms with van der Waals surface area (Å²) in [6, 6.07) is 12.6. The summed E-state index contributed by atoms with van der Waals surface area (Å²) in [5.74, 6) is 1.44. The number of fused-ring (bicyclic) bond motifs is 1. The molecule has 3 heterocycles. The molecule has 0 radical (unpaired) electrons. The van der Waals surface area contributed by atoms with Crippen molar-refractivity contribution in [3.63, 3.8) is 0 Å². The summed E-state index contributed by atoms with van der Waals surface area (Å²) in [7, 11) is 3.72. The van der Waals surface area contributed by atoms with Crippen LogP contribution < -0.4 is 17.2 Å². The predicted octanol–water partition coefficient (Wildman–Crippen LogP) is 1.72. The quantitative estimate of drug-likeness (QED) is 0.468. The molecular weight excluding hydrogens is 330 g/mol. The van der Waals surface area contributed by atoms with E-state index in [4.69, 9.17) is 17.2 Å². The molecule has 3 aromatic rings. The summed E-state index contributed by atoms with van der Waals surface area (Å²) in [5, 5.41) is 1.02. The van der Waals surface area contributed by atoms with E-state index in [9.17, 15) is 4.79 Å². The molecule has 0 bridgehead atoms. The van der Waals surface area contributed by atoms with Crippen molar-refractivity contribution in [2.24, 2.45) is 0 Å². The average molecular weight is 353 g/mol. The molecule has 0 saturated heterocycles. The molecule has 0 aliphatic heterocycles. The summed E-state index contributed by atoms with van der Waals surface area (Å²) in [6.07, 6.45) is 5.59. The maximum Gasteiger partial charge on any atom is 0.161 e. The molecule has 0 spiro atoms. The van der Waals surface area contributed by atoms with Crippen LogP contribution in [0.5, 0.6) is 0 Å².